The van der Waals surface area contributed by atoms with Crippen molar-refractivity contribution in [1.82, 2.24) is 9.55 Å². The molecule has 1 amide bonds. The van der Waals surface area contributed by atoms with Gasteiger partial charge in [0.25, 0.3) is 11.5 Å². The second-order valence-electron chi connectivity index (χ2n) is 7.48. The Labute approximate surface area is 183 Å². The number of nitrogens with one attached hydrogen (secondary N) is 1. The highest BCUT2D eigenvalue weighted by Gasteiger charge is 2.28. The van der Waals surface area contributed by atoms with Gasteiger partial charge < -0.3 is 5.73 Å². The van der Waals surface area contributed by atoms with Crippen LogP contribution in [-0.4, -0.2) is 22.0 Å². The number of benzene rings is 1. The highest BCUT2D eigenvalue weighted by molar-refractivity contribution is 7.21. The molecule has 0 bridgehead atoms. The van der Waals surface area contributed by atoms with Gasteiger partial charge in [-0.05, 0) is 37.5 Å². The first kappa shape index (κ1) is 22.7. The van der Waals surface area contributed by atoms with Gasteiger partial charge in [0.05, 0.1) is 4.88 Å². The zero-order valence-electron chi connectivity index (χ0n) is 18.0. The molecule has 9 heteroatoms. The number of hydrogen-bond donors (Lipinski definition) is 2. The van der Waals surface area contributed by atoms with Crippen LogP contribution in [0.3, 0.4) is 0 Å². The number of nitrogen functional groups attached to an aromatic ring is 1. The van der Waals surface area contributed by atoms with E-state index in [1.807, 2.05) is 13.8 Å². The number of thiophene rings is 1. The Kier molecular flexibility index (Phi) is 6.94. The highest BCUT2D eigenvalue weighted by Crippen LogP contribution is 2.34. The summed E-state index contributed by atoms with van der Waals surface area (Å²) in [4.78, 5) is 42.6. The second-order valence-corrected chi connectivity index (χ2v) is 8.53. The van der Waals surface area contributed by atoms with Gasteiger partial charge in [0.1, 0.15) is 11.6 Å². The van der Waals surface area contributed by atoms with E-state index < -0.39 is 23.0 Å². The van der Waals surface area contributed by atoms with Crippen molar-refractivity contribution in [2.24, 2.45) is 0 Å². The normalized spacial score (nSPS) is 11.2. The van der Waals surface area contributed by atoms with E-state index in [9.17, 15) is 18.8 Å². The molecule has 0 saturated carbocycles. The van der Waals surface area contributed by atoms with Gasteiger partial charge in [-0.1, -0.05) is 32.8 Å². The third-order valence-corrected chi connectivity index (χ3v) is 6.54. The number of carbonyl (C=O) groups excluding carboxylic acids is 1. The lowest BCUT2D eigenvalue weighted by molar-refractivity contribution is 0.0989. The van der Waals surface area contributed by atoms with E-state index in [-0.39, 0.29) is 18.1 Å². The molecule has 3 rings (SSSR count). The summed E-state index contributed by atoms with van der Waals surface area (Å²) in [6.45, 7) is 6.24. The van der Waals surface area contributed by atoms with Crippen LogP contribution in [0.1, 0.15) is 54.8 Å². The molecule has 3 aromatic rings. The Morgan fingerprint density at radius 2 is 1.94 bits per heavy atom. The predicted octanol–water partition coefficient (Wildman–Crippen LogP) is 4.03. The molecule has 7 nitrogen and oxygen atoms in total. The average Bonchev–Trinajstić information content (AvgIpc) is 3.07. The van der Waals surface area contributed by atoms with Gasteiger partial charge in [0.2, 0.25) is 0 Å². The zero-order chi connectivity index (χ0) is 22.7. The smallest absolute Gasteiger partial charge is 0.330 e. The number of halogens is 1. The summed E-state index contributed by atoms with van der Waals surface area (Å²) in [6.07, 6.45) is 2.96. The van der Waals surface area contributed by atoms with Crippen LogP contribution in [0.15, 0.2) is 27.8 Å². The van der Waals surface area contributed by atoms with Crippen molar-refractivity contribution in [3.63, 3.8) is 0 Å². The van der Waals surface area contributed by atoms with Crippen LogP contribution in [0, 0.1) is 12.7 Å². The van der Waals surface area contributed by atoms with Crippen molar-refractivity contribution < 1.29 is 9.18 Å². The maximum atomic E-state index is 14.4. The van der Waals surface area contributed by atoms with Crippen LogP contribution in [-0.2, 0) is 6.54 Å². The van der Waals surface area contributed by atoms with Crippen LogP contribution < -0.4 is 21.9 Å². The molecule has 0 unspecified atom stereocenters. The number of rotatable bonds is 8. The van der Waals surface area contributed by atoms with Gasteiger partial charge in [0, 0.05) is 23.2 Å². The quantitative estimate of drug-likeness (QED) is 0.545. The number of aryl methyl sites for hydroxylation is 1. The molecule has 0 aliphatic rings. The molecule has 1 aromatic carbocycles. The number of hydrogen-bond acceptors (Lipinski definition) is 5. The minimum Gasteiger partial charge on any atom is -0.383 e. The summed E-state index contributed by atoms with van der Waals surface area (Å²) >= 11 is 1.18. The van der Waals surface area contributed by atoms with Crippen molar-refractivity contribution in [2.75, 3.05) is 17.2 Å². The van der Waals surface area contributed by atoms with E-state index in [4.69, 9.17) is 5.73 Å². The molecular formula is C22H27FN4O3S. The maximum absolute atomic E-state index is 14.4. The van der Waals surface area contributed by atoms with Crippen LogP contribution in [0.25, 0.3) is 10.1 Å². The van der Waals surface area contributed by atoms with Gasteiger partial charge >= 0.3 is 5.69 Å². The molecule has 0 spiro atoms. The largest absolute Gasteiger partial charge is 0.383 e. The van der Waals surface area contributed by atoms with Gasteiger partial charge in [0.15, 0.2) is 5.69 Å². The molecule has 0 fully saturated rings. The van der Waals surface area contributed by atoms with Crippen LogP contribution in [0.5, 0.6) is 0 Å². The fourth-order valence-corrected chi connectivity index (χ4v) is 4.76. The lowest BCUT2D eigenvalue weighted by Crippen LogP contribution is -2.41. The van der Waals surface area contributed by atoms with Crippen LogP contribution in [0.4, 0.5) is 15.9 Å². The monoisotopic (exact) mass is 446 g/mol. The van der Waals surface area contributed by atoms with Crippen molar-refractivity contribution in [3.8, 4) is 0 Å². The number of nitrogens with zero attached hydrogens (tertiary/aromatic N) is 2. The Morgan fingerprint density at radius 3 is 2.58 bits per heavy atom. The summed E-state index contributed by atoms with van der Waals surface area (Å²) < 4.78 is 16.3. The first-order valence-corrected chi connectivity index (χ1v) is 11.2. The molecule has 0 aliphatic heterocycles. The molecule has 0 aliphatic carbocycles. The van der Waals surface area contributed by atoms with Crippen molar-refractivity contribution >= 4 is 38.8 Å². The number of amides is 1. The maximum Gasteiger partial charge on any atom is 0.330 e. The summed E-state index contributed by atoms with van der Waals surface area (Å²) in [7, 11) is 0. The number of aromatic nitrogens is 2. The molecular weight excluding hydrogens is 419 g/mol. The molecule has 2 heterocycles. The summed E-state index contributed by atoms with van der Waals surface area (Å²) in [5.41, 5.74) is 5.44. The van der Waals surface area contributed by atoms with E-state index in [0.717, 1.165) is 12.8 Å². The van der Waals surface area contributed by atoms with Crippen molar-refractivity contribution in [1.29, 1.82) is 0 Å². The minimum absolute atomic E-state index is 0.0309. The number of aromatic amines is 1. The number of unbranched alkanes of at least 4 members (excludes halogenated alkanes) is 2. The number of fused-ring (bicyclic) bond motifs is 1. The fraction of sp³-hybridized carbons (Fsp3) is 0.409. The molecule has 0 atom stereocenters. The summed E-state index contributed by atoms with van der Waals surface area (Å²) in [5.74, 6) is -0.850. The van der Waals surface area contributed by atoms with Gasteiger partial charge in [-0.2, -0.15) is 0 Å². The summed E-state index contributed by atoms with van der Waals surface area (Å²) in [5, 5.41) is 0.404. The van der Waals surface area contributed by atoms with Crippen LogP contribution in [0.2, 0.25) is 0 Å². The number of nitrogens with two attached hydrogens (primary N) is 1. The van der Waals surface area contributed by atoms with Crippen molar-refractivity contribution in [3.05, 3.63) is 55.3 Å². The Morgan fingerprint density at radius 1 is 1.23 bits per heavy atom. The third kappa shape index (κ3) is 4.27. The number of H-pyrrole nitrogens is 1. The number of anilines is 2. The minimum atomic E-state index is -0.704. The van der Waals surface area contributed by atoms with E-state index in [0.29, 0.717) is 39.9 Å². The van der Waals surface area contributed by atoms with E-state index in [1.165, 1.54) is 26.9 Å². The fourth-order valence-electron chi connectivity index (χ4n) is 3.59. The lowest BCUT2D eigenvalue weighted by Gasteiger charge is -2.24. The molecule has 0 saturated heterocycles. The Hall–Kier alpha value is -2.94. The van der Waals surface area contributed by atoms with Gasteiger partial charge in [-0.3, -0.25) is 24.0 Å². The van der Waals surface area contributed by atoms with E-state index in [2.05, 4.69) is 4.98 Å². The highest BCUT2D eigenvalue weighted by atomic mass is 32.1. The van der Waals surface area contributed by atoms with Crippen LogP contribution >= 0.6 is 11.3 Å². The van der Waals surface area contributed by atoms with E-state index >= 15 is 0 Å². The first-order valence-electron chi connectivity index (χ1n) is 10.4. The molecule has 0 radical (unpaired) electrons. The first-order chi connectivity index (χ1) is 14.8. The molecule has 2 aromatic heterocycles. The lowest BCUT2D eigenvalue weighted by atomic mass is 10.1. The van der Waals surface area contributed by atoms with Crippen molar-refractivity contribution in [2.45, 2.75) is 53.0 Å². The Bertz CT molecular complexity index is 1230. The SMILES string of the molecule is CCCCN(C(=O)c1sc2cccc(F)c2c1C)c1c(N)n(CCCC)c(=O)[nH]c1=O. The standard InChI is InChI=1S/C22H27FN4O3S/c1-4-6-11-26(17-19(24)27(12-7-5-2)22(30)25-20(17)28)21(29)18-13(3)16-14(23)9-8-10-15(16)31-18/h8-10H,4-7,11-12,24H2,1-3H3,(H,25,28,30). The summed E-state index contributed by atoms with van der Waals surface area (Å²) in [6, 6.07) is 4.72. The number of carbonyl (C=O) groups is 1. The van der Waals surface area contributed by atoms with Gasteiger partial charge in [-0.25, -0.2) is 9.18 Å². The average molecular weight is 447 g/mol. The topological polar surface area (TPSA) is 101 Å². The van der Waals surface area contributed by atoms with E-state index in [1.54, 1.807) is 19.1 Å². The second kappa shape index (κ2) is 9.47. The van der Waals surface area contributed by atoms with Gasteiger partial charge in [-0.15, -0.1) is 11.3 Å². The third-order valence-electron chi connectivity index (χ3n) is 5.30. The molecule has 3 N–H and O–H groups in total. The molecule has 166 valence electrons. The predicted molar refractivity (Wildman–Crippen MR) is 124 cm³/mol. The Balaban J connectivity index is 2.17. The zero-order valence-corrected chi connectivity index (χ0v) is 18.8. The molecule has 31 heavy (non-hydrogen) atoms.